The van der Waals surface area contributed by atoms with Gasteiger partial charge in [0, 0.05) is 17.6 Å². The van der Waals surface area contributed by atoms with E-state index in [-0.39, 0.29) is 34.1 Å². The fourth-order valence-electron chi connectivity index (χ4n) is 4.15. The molecule has 214 valence electrons. The molecule has 0 bridgehead atoms. The number of benzene rings is 3. The van der Waals surface area contributed by atoms with E-state index in [4.69, 9.17) is 27.9 Å². The maximum Gasteiger partial charge on any atom is 0.264 e. The lowest BCUT2D eigenvalue weighted by molar-refractivity contribution is -0.140. The molecule has 8 nitrogen and oxygen atoms in total. The SMILES string of the molecule is CC[C@H](C(=O)NC(C)C)N(Cc1ccc(Cl)cc1)C(=O)CN(c1ccc(OC)c(Cl)c1)S(=O)(=O)c1ccccc1. The Morgan fingerprint density at radius 2 is 1.62 bits per heavy atom. The first-order valence-electron chi connectivity index (χ1n) is 12.7. The number of ether oxygens (including phenoxy) is 1. The minimum atomic E-state index is -4.20. The van der Waals surface area contributed by atoms with E-state index < -0.39 is 28.5 Å². The van der Waals surface area contributed by atoms with Crippen molar-refractivity contribution in [3.63, 3.8) is 0 Å². The summed E-state index contributed by atoms with van der Waals surface area (Å²) in [7, 11) is -2.75. The van der Waals surface area contributed by atoms with Gasteiger partial charge < -0.3 is 15.0 Å². The van der Waals surface area contributed by atoms with E-state index in [9.17, 15) is 18.0 Å². The lowest BCUT2D eigenvalue weighted by Gasteiger charge is -2.33. The van der Waals surface area contributed by atoms with Crippen molar-refractivity contribution in [2.45, 2.75) is 50.7 Å². The molecule has 0 aromatic heterocycles. The van der Waals surface area contributed by atoms with Crippen LogP contribution >= 0.6 is 23.2 Å². The molecule has 0 heterocycles. The minimum absolute atomic E-state index is 0.00332. The molecule has 0 spiro atoms. The molecule has 3 aromatic rings. The second-order valence-corrected chi connectivity index (χ2v) is 12.1. The van der Waals surface area contributed by atoms with Gasteiger partial charge >= 0.3 is 0 Å². The number of nitrogens with zero attached hydrogens (tertiary/aromatic N) is 2. The molecule has 0 unspecified atom stereocenters. The molecule has 0 saturated heterocycles. The second-order valence-electron chi connectivity index (χ2n) is 9.38. The molecule has 0 fully saturated rings. The fraction of sp³-hybridized carbons (Fsp3) is 0.310. The summed E-state index contributed by atoms with van der Waals surface area (Å²) in [4.78, 5) is 28.6. The van der Waals surface area contributed by atoms with Gasteiger partial charge in [0.1, 0.15) is 18.3 Å². The fourth-order valence-corrected chi connectivity index (χ4v) is 5.95. The van der Waals surface area contributed by atoms with Crippen molar-refractivity contribution in [2.75, 3.05) is 18.0 Å². The van der Waals surface area contributed by atoms with Gasteiger partial charge in [0.05, 0.1) is 22.7 Å². The highest BCUT2D eigenvalue weighted by Crippen LogP contribution is 2.32. The number of methoxy groups -OCH3 is 1. The summed E-state index contributed by atoms with van der Waals surface area (Å²) in [6, 6.07) is 18.2. The van der Waals surface area contributed by atoms with Gasteiger partial charge in [-0.05, 0) is 68.3 Å². The zero-order valence-electron chi connectivity index (χ0n) is 22.8. The largest absolute Gasteiger partial charge is 0.495 e. The standard InChI is InChI=1S/C29H33Cl2N3O5S/c1-5-26(29(36)32-20(2)3)33(18-21-11-13-22(30)14-12-21)28(35)19-34(23-15-16-27(39-4)25(31)17-23)40(37,38)24-9-7-6-8-10-24/h6-17,20,26H,5,18-19H2,1-4H3,(H,32,36)/t26-/m1/s1. The predicted octanol–water partition coefficient (Wildman–Crippen LogP) is 5.53. The molecule has 3 aromatic carbocycles. The number of carbonyl (C=O) groups excluding carboxylic acids is 2. The van der Waals surface area contributed by atoms with Crippen LogP contribution in [0.5, 0.6) is 5.75 Å². The number of anilines is 1. The molecule has 0 saturated carbocycles. The highest BCUT2D eigenvalue weighted by molar-refractivity contribution is 7.92. The molecular formula is C29H33Cl2N3O5S. The molecule has 0 aliphatic carbocycles. The maximum atomic E-state index is 14.0. The summed E-state index contributed by atoms with van der Waals surface area (Å²) in [6.45, 7) is 4.96. The Kier molecular flexibility index (Phi) is 10.8. The number of hydrogen-bond donors (Lipinski definition) is 1. The summed E-state index contributed by atoms with van der Waals surface area (Å²) < 4.78 is 33.9. The molecule has 2 amide bonds. The molecule has 40 heavy (non-hydrogen) atoms. The average Bonchev–Trinajstić information content (AvgIpc) is 2.92. The Bertz CT molecular complexity index is 1420. The third-order valence-corrected chi connectivity index (χ3v) is 8.45. The lowest BCUT2D eigenvalue weighted by Crippen LogP contribution is -2.53. The average molecular weight is 607 g/mol. The Morgan fingerprint density at radius 3 is 2.17 bits per heavy atom. The molecule has 1 atom stereocenters. The molecular weight excluding hydrogens is 573 g/mol. The number of amides is 2. The Labute approximate surface area is 245 Å². The van der Waals surface area contributed by atoms with E-state index in [2.05, 4.69) is 5.32 Å². The number of halogens is 2. The van der Waals surface area contributed by atoms with Gasteiger partial charge in [0.15, 0.2) is 0 Å². The van der Waals surface area contributed by atoms with Gasteiger partial charge in [-0.2, -0.15) is 0 Å². The third-order valence-electron chi connectivity index (χ3n) is 6.12. The number of sulfonamides is 1. The van der Waals surface area contributed by atoms with E-state index >= 15 is 0 Å². The highest BCUT2D eigenvalue weighted by Gasteiger charge is 2.34. The van der Waals surface area contributed by atoms with Crippen LogP contribution in [0.15, 0.2) is 77.7 Å². The number of hydrogen-bond acceptors (Lipinski definition) is 5. The lowest BCUT2D eigenvalue weighted by atomic mass is 10.1. The van der Waals surface area contributed by atoms with Gasteiger partial charge in [-0.3, -0.25) is 13.9 Å². The first-order chi connectivity index (χ1) is 19.0. The maximum absolute atomic E-state index is 14.0. The molecule has 0 aliphatic rings. The quantitative estimate of drug-likeness (QED) is 0.293. The van der Waals surface area contributed by atoms with Crippen LogP contribution in [0.3, 0.4) is 0 Å². The van der Waals surface area contributed by atoms with Gasteiger partial charge in [-0.1, -0.05) is 60.5 Å². The Balaban J connectivity index is 2.08. The molecule has 1 N–H and O–H groups in total. The van der Waals surface area contributed by atoms with Crippen LogP contribution in [0.25, 0.3) is 0 Å². The summed E-state index contributed by atoms with van der Waals surface area (Å²) >= 11 is 12.4. The number of nitrogens with one attached hydrogen (secondary N) is 1. The zero-order chi connectivity index (χ0) is 29.4. The Morgan fingerprint density at radius 1 is 0.975 bits per heavy atom. The topological polar surface area (TPSA) is 96.0 Å². The van der Waals surface area contributed by atoms with Crippen LogP contribution in [0.2, 0.25) is 10.0 Å². The van der Waals surface area contributed by atoms with E-state index in [1.54, 1.807) is 49.4 Å². The zero-order valence-corrected chi connectivity index (χ0v) is 25.1. The number of rotatable bonds is 12. The molecule has 3 rings (SSSR count). The van der Waals surface area contributed by atoms with E-state index in [1.807, 2.05) is 13.8 Å². The van der Waals surface area contributed by atoms with Gasteiger partial charge in [0.25, 0.3) is 10.0 Å². The molecule has 0 aliphatic heterocycles. The first kappa shape index (κ1) is 31.3. The van der Waals surface area contributed by atoms with Gasteiger partial charge in [-0.25, -0.2) is 8.42 Å². The summed E-state index contributed by atoms with van der Waals surface area (Å²) in [5, 5.41) is 3.58. The molecule has 0 radical (unpaired) electrons. The van der Waals surface area contributed by atoms with Crippen LogP contribution in [-0.2, 0) is 26.2 Å². The summed E-state index contributed by atoms with van der Waals surface area (Å²) in [5.41, 5.74) is 0.910. The van der Waals surface area contributed by atoms with E-state index in [0.29, 0.717) is 17.2 Å². The van der Waals surface area contributed by atoms with Gasteiger partial charge in [0.2, 0.25) is 11.8 Å². The van der Waals surface area contributed by atoms with Crippen LogP contribution in [-0.4, -0.2) is 50.9 Å². The smallest absolute Gasteiger partial charge is 0.264 e. The van der Waals surface area contributed by atoms with E-state index in [0.717, 1.165) is 9.87 Å². The first-order valence-corrected chi connectivity index (χ1v) is 14.9. The van der Waals surface area contributed by atoms with Crippen molar-refractivity contribution in [3.05, 3.63) is 88.4 Å². The van der Waals surface area contributed by atoms with Crippen molar-refractivity contribution in [1.82, 2.24) is 10.2 Å². The van der Waals surface area contributed by atoms with Crippen molar-refractivity contribution < 1.29 is 22.7 Å². The monoisotopic (exact) mass is 605 g/mol. The van der Waals surface area contributed by atoms with Crippen LogP contribution in [0, 0.1) is 0 Å². The number of carbonyl (C=O) groups is 2. The summed E-state index contributed by atoms with van der Waals surface area (Å²) in [5.74, 6) is -0.536. The van der Waals surface area contributed by atoms with Crippen molar-refractivity contribution >= 4 is 50.7 Å². The second kappa shape index (κ2) is 13.9. The van der Waals surface area contributed by atoms with Crippen LogP contribution < -0.4 is 14.4 Å². The Hall–Kier alpha value is -3.27. The van der Waals surface area contributed by atoms with Crippen LogP contribution in [0.1, 0.15) is 32.8 Å². The van der Waals surface area contributed by atoms with Gasteiger partial charge in [-0.15, -0.1) is 0 Å². The van der Waals surface area contributed by atoms with Crippen molar-refractivity contribution in [1.29, 1.82) is 0 Å². The minimum Gasteiger partial charge on any atom is -0.495 e. The van der Waals surface area contributed by atoms with Crippen molar-refractivity contribution in [2.24, 2.45) is 0 Å². The van der Waals surface area contributed by atoms with Crippen molar-refractivity contribution in [3.8, 4) is 5.75 Å². The summed E-state index contributed by atoms with van der Waals surface area (Å²) in [6.07, 6.45) is 0.317. The third kappa shape index (κ3) is 7.68. The predicted molar refractivity (Wildman–Crippen MR) is 158 cm³/mol. The highest BCUT2D eigenvalue weighted by atomic mass is 35.5. The van der Waals surface area contributed by atoms with Crippen LogP contribution in [0.4, 0.5) is 5.69 Å². The molecule has 11 heteroatoms. The van der Waals surface area contributed by atoms with E-state index in [1.165, 1.54) is 42.3 Å². The normalized spacial score (nSPS) is 12.1.